The first kappa shape index (κ1) is 23.5. The van der Waals surface area contributed by atoms with Crippen molar-refractivity contribution in [1.29, 1.82) is 0 Å². The SMILES string of the molecule is CCOC(=O)Cn1c(=NC(=O)C=Cc2ccc([N+](=O)[O-])s2)sc2cc(S(C)(=O)=O)ccc21. The summed E-state index contributed by atoms with van der Waals surface area (Å²) in [7, 11) is -3.45. The molecular formula is C19H17N3O7S3. The normalized spacial score (nSPS) is 12.5. The van der Waals surface area contributed by atoms with E-state index in [1.807, 2.05) is 0 Å². The van der Waals surface area contributed by atoms with Gasteiger partial charge in [-0.15, -0.1) is 0 Å². The van der Waals surface area contributed by atoms with Gasteiger partial charge in [-0.2, -0.15) is 4.99 Å². The summed E-state index contributed by atoms with van der Waals surface area (Å²) >= 11 is 1.97. The van der Waals surface area contributed by atoms with Crippen molar-refractivity contribution in [3.05, 3.63) is 56.2 Å². The number of fused-ring (bicyclic) bond motifs is 1. The third kappa shape index (κ3) is 5.55. The number of benzene rings is 1. The molecule has 13 heteroatoms. The molecule has 0 saturated carbocycles. The monoisotopic (exact) mass is 495 g/mol. The summed E-state index contributed by atoms with van der Waals surface area (Å²) < 4.78 is 30.7. The largest absolute Gasteiger partial charge is 0.465 e. The van der Waals surface area contributed by atoms with Gasteiger partial charge in [0.1, 0.15) is 6.54 Å². The molecule has 168 valence electrons. The van der Waals surface area contributed by atoms with E-state index in [1.165, 1.54) is 34.9 Å². The lowest BCUT2D eigenvalue weighted by atomic mass is 10.3. The molecule has 0 radical (unpaired) electrons. The van der Waals surface area contributed by atoms with Crippen LogP contribution in [0.1, 0.15) is 11.8 Å². The highest BCUT2D eigenvalue weighted by Crippen LogP contribution is 2.25. The molecule has 0 unspecified atom stereocenters. The number of aromatic nitrogens is 1. The summed E-state index contributed by atoms with van der Waals surface area (Å²) in [6.45, 7) is 1.64. The van der Waals surface area contributed by atoms with Gasteiger partial charge in [0, 0.05) is 23.3 Å². The fraction of sp³-hybridized carbons (Fsp3) is 0.211. The first-order valence-corrected chi connectivity index (χ1v) is 12.6. The minimum absolute atomic E-state index is 0.0486. The first-order valence-electron chi connectivity index (χ1n) is 9.08. The van der Waals surface area contributed by atoms with E-state index in [0.717, 1.165) is 35.0 Å². The standard InChI is InChI=1S/C19H17N3O7S3/c1-3-29-18(24)11-21-14-7-6-13(32(2,27)28)10-15(14)31-19(21)20-16(23)8-4-12-5-9-17(30-12)22(25)26/h4-10H,3,11H2,1-2H3. The van der Waals surface area contributed by atoms with E-state index in [1.54, 1.807) is 13.0 Å². The van der Waals surface area contributed by atoms with Crippen molar-refractivity contribution in [3.63, 3.8) is 0 Å². The van der Waals surface area contributed by atoms with Crippen molar-refractivity contribution in [2.24, 2.45) is 4.99 Å². The molecule has 10 nitrogen and oxygen atoms in total. The van der Waals surface area contributed by atoms with Gasteiger partial charge in [0.05, 0.1) is 26.6 Å². The number of nitro groups is 1. The zero-order valence-corrected chi connectivity index (χ0v) is 19.3. The van der Waals surface area contributed by atoms with Crippen molar-refractivity contribution >= 4 is 65.7 Å². The molecule has 32 heavy (non-hydrogen) atoms. The maximum absolute atomic E-state index is 12.4. The fourth-order valence-electron chi connectivity index (χ4n) is 2.67. The summed E-state index contributed by atoms with van der Waals surface area (Å²) in [6.07, 6.45) is 3.66. The third-order valence-corrected chi connectivity index (χ3v) is 7.22. The van der Waals surface area contributed by atoms with Gasteiger partial charge in [-0.05, 0) is 37.3 Å². The Hall–Kier alpha value is -3.16. The van der Waals surface area contributed by atoms with Crippen molar-refractivity contribution in [2.45, 2.75) is 18.4 Å². The van der Waals surface area contributed by atoms with E-state index in [-0.39, 0.29) is 27.8 Å². The van der Waals surface area contributed by atoms with E-state index >= 15 is 0 Å². The number of hydrogen-bond acceptors (Lipinski definition) is 9. The summed E-state index contributed by atoms with van der Waals surface area (Å²) in [5, 5.41) is 10.7. The zero-order chi connectivity index (χ0) is 23.5. The van der Waals surface area contributed by atoms with Crippen LogP contribution in [0.4, 0.5) is 5.00 Å². The Balaban J connectivity index is 2.02. The van der Waals surface area contributed by atoms with E-state index in [2.05, 4.69) is 4.99 Å². The second-order valence-corrected chi connectivity index (χ2v) is 10.5. The quantitative estimate of drug-likeness (QED) is 0.213. The lowest BCUT2D eigenvalue weighted by Crippen LogP contribution is -2.22. The molecule has 0 saturated heterocycles. The van der Waals surface area contributed by atoms with Crippen LogP contribution in [0, 0.1) is 10.1 Å². The lowest BCUT2D eigenvalue weighted by molar-refractivity contribution is -0.380. The molecule has 2 heterocycles. The van der Waals surface area contributed by atoms with Gasteiger partial charge in [0.15, 0.2) is 14.6 Å². The number of carbonyl (C=O) groups excluding carboxylic acids is 2. The Labute approximate surface area is 190 Å². The number of esters is 1. The molecule has 1 amide bonds. The molecular weight excluding hydrogens is 478 g/mol. The third-order valence-electron chi connectivity index (χ3n) is 4.06. The molecule has 0 atom stereocenters. The Kier molecular flexibility index (Phi) is 7.01. The summed E-state index contributed by atoms with van der Waals surface area (Å²) in [5.41, 5.74) is 0.528. The number of thiophene rings is 1. The molecule has 0 aliphatic rings. The fourth-order valence-corrected chi connectivity index (χ4v) is 5.19. The highest BCUT2D eigenvalue weighted by molar-refractivity contribution is 7.90. The van der Waals surface area contributed by atoms with Crippen molar-refractivity contribution in [3.8, 4) is 0 Å². The topological polar surface area (TPSA) is 138 Å². The van der Waals surface area contributed by atoms with Crippen LogP contribution in [-0.2, 0) is 30.7 Å². The van der Waals surface area contributed by atoms with Crippen LogP contribution in [0.2, 0.25) is 0 Å². The second-order valence-electron chi connectivity index (χ2n) is 6.39. The van der Waals surface area contributed by atoms with Crippen LogP contribution < -0.4 is 4.80 Å². The van der Waals surface area contributed by atoms with Crippen molar-refractivity contribution in [2.75, 3.05) is 12.9 Å². The Morgan fingerprint density at radius 2 is 2.00 bits per heavy atom. The minimum atomic E-state index is -3.45. The maximum atomic E-state index is 12.4. The molecule has 0 fully saturated rings. The molecule has 0 aliphatic heterocycles. The van der Waals surface area contributed by atoms with Gasteiger partial charge < -0.3 is 9.30 Å². The zero-order valence-electron chi connectivity index (χ0n) is 16.9. The van der Waals surface area contributed by atoms with Crippen LogP contribution in [0.3, 0.4) is 0 Å². The van der Waals surface area contributed by atoms with Gasteiger partial charge >= 0.3 is 11.0 Å². The number of nitrogens with zero attached hydrogens (tertiary/aromatic N) is 3. The van der Waals surface area contributed by atoms with Gasteiger partial charge in [-0.3, -0.25) is 19.7 Å². The lowest BCUT2D eigenvalue weighted by Gasteiger charge is -2.05. The summed E-state index contributed by atoms with van der Waals surface area (Å²) in [6, 6.07) is 7.28. The van der Waals surface area contributed by atoms with Gasteiger partial charge in [0.25, 0.3) is 5.91 Å². The molecule has 0 N–H and O–H groups in total. The van der Waals surface area contributed by atoms with Gasteiger partial charge in [-0.1, -0.05) is 22.7 Å². The van der Waals surface area contributed by atoms with Crippen LogP contribution >= 0.6 is 22.7 Å². The van der Waals surface area contributed by atoms with Crippen LogP contribution in [0.5, 0.6) is 0 Å². The second kappa shape index (κ2) is 9.54. The molecule has 3 rings (SSSR count). The van der Waals surface area contributed by atoms with E-state index in [9.17, 15) is 28.1 Å². The van der Waals surface area contributed by atoms with Crippen LogP contribution in [0.25, 0.3) is 16.3 Å². The number of amides is 1. The predicted octanol–water partition coefficient (Wildman–Crippen LogP) is 2.78. The first-order chi connectivity index (χ1) is 15.1. The molecule has 3 aromatic rings. The van der Waals surface area contributed by atoms with Crippen LogP contribution in [0.15, 0.2) is 46.3 Å². The molecule has 0 aliphatic carbocycles. The average molecular weight is 496 g/mol. The number of sulfone groups is 1. The highest BCUT2D eigenvalue weighted by Gasteiger charge is 2.15. The van der Waals surface area contributed by atoms with Crippen molar-refractivity contribution in [1.82, 2.24) is 4.57 Å². The molecule has 0 spiro atoms. The predicted molar refractivity (Wildman–Crippen MR) is 120 cm³/mol. The van der Waals surface area contributed by atoms with Crippen molar-refractivity contribution < 1.29 is 27.7 Å². The Bertz CT molecular complexity index is 1410. The number of carbonyl (C=O) groups is 2. The van der Waals surface area contributed by atoms with Gasteiger partial charge in [-0.25, -0.2) is 8.42 Å². The van der Waals surface area contributed by atoms with E-state index < -0.39 is 26.6 Å². The molecule has 0 bridgehead atoms. The number of rotatable bonds is 7. The summed E-state index contributed by atoms with van der Waals surface area (Å²) in [5.74, 6) is -1.18. The molecule has 2 aromatic heterocycles. The molecule has 1 aromatic carbocycles. The number of ether oxygens (including phenoxy) is 1. The maximum Gasteiger partial charge on any atom is 0.326 e. The average Bonchev–Trinajstić information content (AvgIpc) is 3.31. The highest BCUT2D eigenvalue weighted by atomic mass is 32.2. The number of thiazole rings is 1. The smallest absolute Gasteiger partial charge is 0.326 e. The van der Waals surface area contributed by atoms with Crippen LogP contribution in [-0.4, -0.2) is 42.6 Å². The minimum Gasteiger partial charge on any atom is -0.465 e. The Morgan fingerprint density at radius 1 is 1.25 bits per heavy atom. The Morgan fingerprint density at radius 3 is 2.62 bits per heavy atom. The summed E-state index contributed by atoms with van der Waals surface area (Å²) in [4.78, 5) is 39.5. The van der Waals surface area contributed by atoms with E-state index in [4.69, 9.17) is 4.74 Å². The number of hydrogen-bond donors (Lipinski definition) is 0. The van der Waals surface area contributed by atoms with Gasteiger partial charge in [0.2, 0.25) is 0 Å². The van der Waals surface area contributed by atoms with E-state index in [0.29, 0.717) is 15.1 Å².